The van der Waals surface area contributed by atoms with E-state index in [9.17, 15) is 4.79 Å². The van der Waals surface area contributed by atoms with Crippen LogP contribution in [0.4, 0.5) is 0 Å². The van der Waals surface area contributed by atoms with Crippen molar-refractivity contribution in [3.05, 3.63) is 10.4 Å². The molecule has 66 valence electrons. The van der Waals surface area contributed by atoms with Crippen molar-refractivity contribution < 1.29 is 4.79 Å². The van der Waals surface area contributed by atoms with Gasteiger partial charge in [0.2, 0.25) is 5.91 Å². The number of nitrogens with zero attached hydrogens (tertiary/aromatic N) is 4. The van der Waals surface area contributed by atoms with E-state index in [2.05, 4.69) is 10.0 Å². The van der Waals surface area contributed by atoms with Crippen molar-refractivity contribution in [2.24, 2.45) is 11.0 Å². The summed E-state index contributed by atoms with van der Waals surface area (Å²) in [6, 6.07) is 0. The molecule has 5 heteroatoms. The standard InChI is InChI=1S/C7H12N4O/c1-6-4-7(12)11(5-6)3-2-9-10-8/h6H,2-5H2,1H3. The van der Waals surface area contributed by atoms with E-state index in [-0.39, 0.29) is 5.91 Å². The van der Waals surface area contributed by atoms with Gasteiger partial charge in [-0.05, 0) is 11.4 Å². The predicted molar refractivity (Wildman–Crippen MR) is 44.4 cm³/mol. The number of rotatable bonds is 3. The van der Waals surface area contributed by atoms with E-state index in [1.807, 2.05) is 6.92 Å². The molecule has 1 rings (SSSR count). The first-order valence-electron chi connectivity index (χ1n) is 4.02. The molecule has 0 radical (unpaired) electrons. The maximum Gasteiger partial charge on any atom is 0.222 e. The van der Waals surface area contributed by atoms with E-state index in [0.29, 0.717) is 25.4 Å². The first kappa shape index (κ1) is 8.87. The van der Waals surface area contributed by atoms with E-state index in [0.717, 1.165) is 6.54 Å². The predicted octanol–water partition coefficient (Wildman–Crippen LogP) is 1.17. The molecule has 0 N–H and O–H groups in total. The van der Waals surface area contributed by atoms with Crippen molar-refractivity contribution in [2.45, 2.75) is 13.3 Å². The molecule has 0 aromatic heterocycles. The first-order valence-corrected chi connectivity index (χ1v) is 4.02. The number of carbonyl (C=O) groups is 1. The van der Waals surface area contributed by atoms with Crippen LogP contribution in [0.2, 0.25) is 0 Å². The highest BCUT2D eigenvalue weighted by Gasteiger charge is 2.25. The van der Waals surface area contributed by atoms with Gasteiger partial charge in [-0.2, -0.15) is 0 Å². The Hall–Kier alpha value is -1.22. The van der Waals surface area contributed by atoms with Gasteiger partial charge in [-0.1, -0.05) is 12.0 Å². The summed E-state index contributed by atoms with van der Waals surface area (Å²) < 4.78 is 0. The number of carbonyl (C=O) groups excluding carboxylic acids is 1. The third-order valence-corrected chi connectivity index (χ3v) is 1.94. The van der Waals surface area contributed by atoms with Crippen LogP contribution in [0.25, 0.3) is 10.4 Å². The van der Waals surface area contributed by atoms with Crippen LogP contribution in [-0.4, -0.2) is 30.4 Å². The minimum Gasteiger partial charge on any atom is -0.342 e. The Bertz CT molecular complexity index is 221. The van der Waals surface area contributed by atoms with Gasteiger partial charge >= 0.3 is 0 Å². The van der Waals surface area contributed by atoms with Crippen molar-refractivity contribution in [2.75, 3.05) is 19.6 Å². The zero-order valence-corrected chi connectivity index (χ0v) is 7.10. The van der Waals surface area contributed by atoms with Crippen molar-refractivity contribution in [1.29, 1.82) is 0 Å². The van der Waals surface area contributed by atoms with Crippen LogP contribution in [0, 0.1) is 5.92 Å². The lowest BCUT2D eigenvalue weighted by Crippen LogP contribution is -2.27. The molecule has 5 nitrogen and oxygen atoms in total. The van der Waals surface area contributed by atoms with Crippen molar-refractivity contribution in [3.8, 4) is 0 Å². The zero-order chi connectivity index (χ0) is 8.97. The SMILES string of the molecule is CC1CC(=O)N(CCN=[N+]=[N-])C1. The van der Waals surface area contributed by atoms with Gasteiger partial charge in [0.1, 0.15) is 0 Å². The number of amides is 1. The van der Waals surface area contributed by atoms with Gasteiger partial charge < -0.3 is 4.90 Å². The molecule has 0 saturated carbocycles. The molecular weight excluding hydrogens is 156 g/mol. The van der Waals surface area contributed by atoms with Crippen LogP contribution >= 0.6 is 0 Å². The molecule has 1 unspecified atom stereocenters. The van der Waals surface area contributed by atoms with Gasteiger partial charge in [-0.3, -0.25) is 4.79 Å². The lowest BCUT2D eigenvalue weighted by atomic mass is 10.2. The van der Waals surface area contributed by atoms with Crippen molar-refractivity contribution in [3.63, 3.8) is 0 Å². The number of hydrogen-bond donors (Lipinski definition) is 0. The maximum atomic E-state index is 11.2. The Morgan fingerprint density at radius 3 is 3.08 bits per heavy atom. The fourth-order valence-electron chi connectivity index (χ4n) is 1.40. The first-order chi connectivity index (χ1) is 5.74. The fraction of sp³-hybridized carbons (Fsp3) is 0.857. The molecule has 0 aliphatic carbocycles. The van der Waals surface area contributed by atoms with Crippen LogP contribution < -0.4 is 0 Å². The summed E-state index contributed by atoms with van der Waals surface area (Å²) in [5, 5.41) is 3.38. The normalized spacial score (nSPS) is 22.6. The largest absolute Gasteiger partial charge is 0.342 e. The number of likely N-dealkylation sites (tertiary alicyclic amines) is 1. The minimum atomic E-state index is 0.177. The van der Waals surface area contributed by atoms with Crippen LogP contribution in [0.5, 0.6) is 0 Å². The van der Waals surface area contributed by atoms with E-state index >= 15 is 0 Å². The Balaban J connectivity index is 2.33. The summed E-state index contributed by atoms with van der Waals surface area (Å²) in [7, 11) is 0. The van der Waals surface area contributed by atoms with Gasteiger partial charge in [-0.15, -0.1) is 0 Å². The Kier molecular flexibility index (Phi) is 2.94. The average molecular weight is 168 g/mol. The second kappa shape index (κ2) is 3.97. The third kappa shape index (κ3) is 2.13. The average Bonchev–Trinajstić information content (AvgIpc) is 2.31. The molecule has 0 spiro atoms. The summed E-state index contributed by atoms with van der Waals surface area (Å²) >= 11 is 0. The second-order valence-corrected chi connectivity index (χ2v) is 3.10. The van der Waals surface area contributed by atoms with Crippen molar-refractivity contribution in [1.82, 2.24) is 4.90 Å². The van der Waals surface area contributed by atoms with Gasteiger partial charge in [0.05, 0.1) is 0 Å². The summed E-state index contributed by atoms with van der Waals surface area (Å²) in [5.41, 5.74) is 8.01. The molecule has 1 atom stereocenters. The van der Waals surface area contributed by atoms with Crippen LogP contribution in [0.15, 0.2) is 5.11 Å². The molecule has 12 heavy (non-hydrogen) atoms. The third-order valence-electron chi connectivity index (χ3n) is 1.94. The van der Waals surface area contributed by atoms with Crippen LogP contribution in [-0.2, 0) is 4.79 Å². The smallest absolute Gasteiger partial charge is 0.222 e. The van der Waals surface area contributed by atoms with Crippen LogP contribution in [0.3, 0.4) is 0 Å². The van der Waals surface area contributed by atoms with Crippen molar-refractivity contribution >= 4 is 5.91 Å². The number of azide groups is 1. The van der Waals surface area contributed by atoms with Gasteiger partial charge in [-0.25, -0.2) is 0 Å². The lowest BCUT2D eigenvalue weighted by Gasteiger charge is -2.13. The monoisotopic (exact) mass is 168 g/mol. The minimum absolute atomic E-state index is 0.177. The van der Waals surface area contributed by atoms with E-state index in [1.54, 1.807) is 4.90 Å². The van der Waals surface area contributed by atoms with E-state index < -0.39 is 0 Å². The molecule has 0 aromatic rings. The molecule has 1 aliphatic heterocycles. The highest BCUT2D eigenvalue weighted by Crippen LogP contribution is 2.15. The lowest BCUT2D eigenvalue weighted by molar-refractivity contribution is -0.127. The molecule has 1 saturated heterocycles. The summed E-state index contributed by atoms with van der Waals surface area (Å²) in [6.07, 6.45) is 0.635. The van der Waals surface area contributed by atoms with E-state index in [1.165, 1.54) is 0 Å². The molecule has 1 aliphatic rings. The highest BCUT2D eigenvalue weighted by atomic mass is 16.2. The van der Waals surface area contributed by atoms with Gasteiger partial charge in [0, 0.05) is 31.0 Å². The van der Waals surface area contributed by atoms with Gasteiger partial charge in [0.15, 0.2) is 0 Å². The summed E-state index contributed by atoms with van der Waals surface area (Å²) in [4.78, 5) is 15.5. The topological polar surface area (TPSA) is 69.1 Å². The molecular formula is C7H12N4O. The van der Waals surface area contributed by atoms with E-state index in [4.69, 9.17) is 5.53 Å². The Morgan fingerprint density at radius 2 is 2.58 bits per heavy atom. The Labute approximate surface area is 71.0 Å². The molecule has 1 heterocycles. The molecule has 1 amide bonds. The highest BCUT2D eigenvalue weighted by molar-refractivity contribution is 5.78. The molecule has 1 fully saturated rings. The second-order valence-electron chi connectivity index (χ2n) is 3.10. The van der Waals surface area contributed by atoms with Crippen LogP contribution in [0.1, 0.15) is 13.3 Å². The Morgan fingerprint density at radius 1 is 1.83 bits per heavy atom. The summed E-state index contributed by atoms with van der Waals surface area (Å²) in [5.74, 6) is 0.624. The molecule has 0 aromatic carbocycles. The van der Waals surface area contributed by atoms with Gasteiger partial charge in [0.25, 0.3) is 0 Å². The fourth-order valence-corrected chi connectivity index (χ4v) is 1.40. The molecule has 0 bridgehead atoms. The number of hydrogen-bond acceptors (Lipinski definition) is 2. The maximum absolute atomic E-state index is 11.2. The summed E-state index contributed by atoms with van der Waals surface area (Å²) in [6.45, 7) is 3.80. The zero-order valence-electron chi connectivity index (χ0n) is 7.10. The quantitative estimate of drug-likeness (QED) is 0.354.